The Labute approximate surface area is 134 Å². The molecule has 0 bridgehead atoms. The van der Waals surface area contributed by atoms with Crippen LogP contribution in [0.25, 0.3) is 11.0 Å². The van der Waals surface area contributed by atoms with Crippen molar-refractivity contribution in [3.8, 4) is 0 Å². The van der Waals surface area contributed by atoms with Crippen molar-refractivity contribution in [1.82, 2.24) is 14.5 Å². The number of nitro groups is 1. The summed E-state index contributed by atoms with van der Waals surface area (Å²) in [5, 5.41) is 50.2. The molecule has 3 rings (SSSR count). The van der Waals surface area contributed by atoms with Crippen molar-refractivity contribution in [2.24, 2.45) is 0 Å². The molecule has 5 N–H and O–H groups in total. The minimum Gasteiger partial charge on any atom is -0.394 e. The first-order valence-electron chi connectivity index (χ1n) is 6.89. The molecule has 0 saturated carbocycles. The molecule has 1 aliphatic heterocycles. The van der Waals surface area contributed by atoms with Crippen LogP contribution < -0.4 is 5.48 Å². The first-order valence-corrected chi connectivity index (χ1v) is 6.89. The fourth-order valence-corrected chi connectivity index (χ4v) is 2.86. The molecule has 12 heteroatoms. The Morgan fingerprint density at radius 2 is 2.25 bits per heavy atom. The molecular weight excluding hydrogens is 326 g/mol. The predicted octanol–water partition coefficient (Wildman–Crippen LogP) is -0.858. The summed E-state index contributed by atoms with van der Waals surface area (Å²) in [5.74, 6) is -0.192. The third-order valence-electron chi connectivity index (χ3n) is 4.08. The van der Waals surface area contributed by atoms with E-state index in [0.717, 1.165) is 17.1 Å². The normalized spacial score (nSPS) is 30.0. The molecule has 4 atom stereocenters. The summed E-state index contributed by atoms with van der Waals surface area (Å²) < 4.78 is 6.61. The molecule has 2 aromatic heterocycles. The average Bonchev–Trinajstić information content (AvgIpc) is 3.04. The highest BCUT2D eigenvalue weighted by Crippen LogP contribution is 2.42. The van der Waals surface area contributed by atoms with Gasteiger partial charge in [0.1, 0.15) is 29.5 Å². The number of nitrogens with one attached hydrogen (secondary N) is 1. The van der Waals surface area contributed by atoms with Gasteiger partial charge in [-0.1, -0.05) is 0 Å². The first-order chi connectivity index (χ1) is 11.3. The molecule has 0 spiro atoms. The van der Waals surface area contributed by atoms with Crippen molar-refractivity contribution in [3.63, 3.8) is 0 Å². The lowest BCUT2D eigenvalue weighted by Crippen LogP contribution is -2.44. The van der Waals surface area contributed by atoms with Crippen LogP contribution in [0, 0.1) is 10.1 Å². The molecule has 0 amide bonds. The molecule has 2 aromatic rings. The molecule has 0 aromatic carbocycles. The van der Waals surface area contributed by atoms with Crippen LogP contribution in [0.3, 0.4) is 0 Å². The molecule has 4 unspecified atom stereocenters. The van der Waals surface area contributed by atoms with E-state index in [1.165, 1.54) is 6.92 Å². The zero-order valence-corrected chi connectivity index (χ0v) is 12.4. The van der Waals surface area contributed by atoms with Crippen LogP contribution in [0.1, 0.15) is 13.2 Å². The van der Waals surface area contributed by atoms with E-state index >= 15 is 0 Å². The fourth-order valence-electron chi connectivity index (χ4n) is 2.86. The highest BCUT2D eigenvalue weighted by Gasteiger charge is 2.53. The summed E-state index contributed by atoms with van der Waals surface area (Å²) in [6.45, 7) is 0.732. The van der Waals surface area contributed by atoms with E-state index < -0.39 is 41.3 Å². The quantitative estimate of drug-likeness (QED) is 0.347. The second kappa shape index (κ2) is 5.61. The molecule has 12 nitrogen and oxygen atoms in total. The van der Waals surface area contributed by atoms with Gasteiger partial charge in [-0.15, -0.1) is 0 Å². The second-order valence-corrected chi connectivity index (χ2v) is 5.59. The van der Waals surface area contributed by atoms with Crippen molar-refractivity contribution < 1.29 is 30.2 Å². The number of aliphatic hydroxyl groups is 3. The number of hydrogen-bond donors (Lipinski definition) is 5. The summed E-state index contributed by atoms with van der Waals surface area (Å²) in [6.07, 6.45) is -1.61. The Morgan fingerprint density at radius 3 is 2.79 bits per heavy atom. The smallest absolute Gasteiger partial charge is 0.300 e. The largest absolute Gasteiger partial charge is 0.394 e. The summed E-state index contributed by atoms with van der Waals surface area (Å²) in [5.41, 5.74) is -0.509. The second-order valence-electron chi connectivity index (χ2n) is 5.59. The number of nitrogens with zero attached hydrogens (tertiary/aromatic N) is 4. The van der Waals surface area contributed by atoms with Crippen molar-refractivity contribution >= 4 is 22.5 Å². The van der Waals surface area contributed by atoms with Gasteiger partial charge >= 0.3 is 0 Å². The van der Waals surface area contributed by atoms with Crippen molar-refractivity contribution in [2.75, 3.05) is 12.1 Å². The third-order valence-corrected chi connectivity index (χ3v) is 4.08. The van der Waals surface area contributed by atoms with E-state index in [1.807, 2.05) is 0 Å². The number of anilines is 1. The Bertz CT molecular complexity index is 791. The van der Waals surface area contributed by atoms with Gasteiger partial charge in [0.25, 0.3) is 5.69 Å². The first kappa shape index (κ1) is 16.5. The molecule has 1 saturated heterocycles. The lowest BCUT2D eigenvalue weighted by molar-refractivity contribution is -0.383. The van der Waals surface area contributed by atoms with Crippen LogP contribution in [0.15, 0.2) is 12.5 Å². The highest BCUT2D eigenvalue weighted by atomic mass is 16.6. The average molecular weight is 341 g/mol. The van der Waals surface area contributed by atoms with Crippen molar-refractivity contribution in [2.45, 2.75) is 31.0 Å². The summed E-state index contributed by atoms with van der Waals surface area (Å²) in [7, 11) is 0. The fraction of sp³-hybridized carbons (Fsp3) is 0.500. The zero-order valence-electron chi connectivity index (χ0n) is 12.4. The standard InChI is InChI=1S/C12H15N5O7/c1-12(20)8(19)6(3-18)24-11(12)16-2-5(17(22)23)7-9(15-21)13-4-14-10(7)16/h2,4,6,8,11,18-21H,3H2,1H3,(H,13,14,15). The summed E-state index contributed by atoms with van der Waals surface area (Å²) >= 11 is 0. The maximum absolute atomic E-state index is 11.3. The maximum atomic E-state index is 11.3. The Kier molecular flexibility index (Phi) is 3.85. The van der Waals surface area contributed by atoms with Gasteiger partial charge in [0.15, 0.2) is 17.7 Å². The molecule has 3 heterocycles. The summed E-state index contributed by atoms with van der Waals surface area (Å²) in [4.78, 5) is 18.2. The minimum absolute atomic E-state index is 0.00400. The predicted molar refractivity (Wildman–Crippen MR) is 77.2 cm³/mol. The van der Waals surface area contributed by atoms with E-state index in [1.54, 1.807) is 5.48 Å². The highest BCUT2D eigenvalue weighted by molar-refractivity contribution is 5.95. The summed E-state index contributed by atoms with van der Waals surface area (Å²) in [6, 6.07) is 0. The van der Waals surface area contributed by atoms with Crippen LogP contribution >= 0.6 is 0 Å². The molecule has 24 heavy (non-hydrogen) atoms. The van der Waals surface area contributed by atoms with E-state index in [4.69, 9.17) is 9.94 Å². The lowest BCUT2D eigenvalue weighted by Gasteiger charge is -2.27. The lowest BCUT2D eigenvalue weighted by atomic mass is 9.96. The molecule has 0 radical (unpaired) electrons. The number of ether oxygens (including phenoxy) is 1. The van der Waals surface area contributed by atoms with Gasteiger partial charge in [0.2, 0.25) is 0 Å². The number of hydrogen-bond acceptors (Lipinski definition) is 10. The van der Waals surface area contributed by atoms with Crippen molar-refractivity contribution in [1.29, 1.82) is 0 Å². The van der Waals surface area contributed by atoms with Gasteiger partial charge < -0.3 is 20.1 Å². The van der Waals surface area contributed by atoms with Gasteiger partial charge in [0.05, 0.1) is 17.7 Å². The molecule has 1 aliphatic rings. The van der Waals surface area contributed by atoms with Crippen LogP contribution in [0.4, 0.5) is 11.5 Å². The van der Waals surface area contributed by atoms with Crippen molar-refractivity contribution in [3.05, 3.63) is 22.6 Å². The molecule has 1 fully saturated rings. The number of rotatable bonds is 4. The zero-order chi connectivity index (χ0) is 17.6. The number of aromatic nitrogens is 3. The van der Waals surface area contributed by atoms with E-state index in [0.29, 0.717) is 0 Å². The van der Waals surface area contributed by atoms with Crippen LogP contribution in [-0.4, -0.2) is 64.4 Å². The Balaban J connectivity index is 2.23. The van der Waals surface area contributed by atoms with E-state index in [9.17, 15) is 25.4 Å². The van der Waals surface area contributed by atoms with E-state index in [-0.39, 0.29) is 16.9 Å². The van der Waals surface area contributed by atoms with Gasteiger partial charge in [-0.25, -0.2) is 9.97 Å². The molecular formula is C12H15N5O7. The van der Waals surface area contributed by atoms with Gasteiger partial charge in [0, 0.05) is 0 Å². The molecule has 130 valence electrons. The van der Waals surface area contributed by atoms with Crippen LogP contribution in [0.2, 0.25) is 0 Å². The SMILES string of the molecule is CC1(O)C(O)C(CO)OC1n1cc([N+](=O)[O-])c2c(NO)ncnc21. The third kappa shape index (κ3) is 2.20. The minimum atomic E-state index is -1.84. The van der Waals surface area contributed by atoms with E-state index in [2.05, 4.69) is 9.97 Å². The monoisotopic (exact) mass is 341 g/mol. The molecule has 0 aliphatic carbocycles. The van der Waals surface area contributed by atoms with Gasteiger partial charge in [-0.2, -0.15) is 0 Å². The maximum Gasteiger partial charge on any atom is 0.300 e. The Morgan fingerprint density at radius 1 is 1.54 bits per heavy atom. The van der Waals surface area contributed by atoms with Gasteiger partial charge in [-0.3, -0.25) is 25.4 Å². The number of fused-ring (bicyclic) bond motifs is 1. The Hall–Kier alpha value is -2.38. The topological polar surface area (TPSA) is 176 Å². The van der Waals surface area contributed by atoms with Crippen LogP contribution in [-0.2, 0) is 4.74 Å². The van der Waals surface area contributed by atoms with Gasteiger partial charge in [-0.05, 0) is 6.92 Å². The van der Waals surface area contributed by atoms with Crippen LogP contribution in [0.5, 0.6) is 0 Å². The number of aliphatic hydroxyl groups excluding tert-OH is 2.